The second-order valence-electron chi connectivity index (χ2n) is 6.79. The van der Waals surface area contributed by atoms with Gasteiger partial charge in [0.1, 0.15) is 17.6 Å². The lowest BCUT2D eigenvalue weighted by Gasteiger charge is -2.16. The second kappa shape index (κ2) is 7.92. The highest BCUT2D eigenvalue weighted by Gasteiger charge is 2.26. The molecule has 6 nitrogen and oxygen atoms in total. The smallest absolute Gasteiger partial charge is 0.232 e. The third-order valence-electron chi connectivity index (χ3n) is 4.49. The van der Waals surface area contributed by atoms with Gasteiger partial charge in [0.05, 0.1) is 17.0 Å². The summed E-state index contributed by atoms with van der Waals surface area (Å²) in [7, 11) is -3.79. The topological polar surface area (TPSA) is 95.1 Å². The molecule has 0 radical (unpaired) electrons. The van der Waals surface area contributed by atoms with E-state index in [0.717, 1.165) is 17.7 Å². The van der Waals surface area contributed by atoms with Gasteiger partial charge in [-0.3, -0.25) is 4.72 Å². The zero-order valence-corrected chi connectivity index (χ0v) is 16.8. The molecule has 3 aromatic rings. The fraction of sp³-hybridized carbons (Fsp3) is 0.250. The first-order chi connectivity index (χ1) is 13.6. The number of sulfonamides is 1. The average Bonchev–Trinajstić information content (AvgIpc) is 3.07. The van der Waals surface area contributed by atoms with E-state index >= 15 is 0 Å². The fourth-order valence-corrected chi connectivity index (χ4v) is 4.16. The molecule has 3 rings (SSSR count). The van der Waals surface area contributed by atoms with Crippen molar-refractivity contribution in [1.29, 1.82) is 0 Å². The molecular formula is C20H21F2N3O3S. The SMILES string of the molecule is C=C(C)c1cnc2[nH]cc(C(O)c3c(F)ccc(NS(=O)(=O)CCC)c3F)c2c1. The highest BCUT2D eigenvalue weighted by atomic mass is 32.2. The minimum absolute atomic E-state index is 0.209. The van der Waals surface area contributed by atoms with E-state index < -0.39 is 39.0 Å². The first-order valence-corrected chi connectivity index (χ1v) is 10.6. The number of aromatic amines is 1. The molecule has 1 atom stereocenters. The summed E-state index contributed by atoms with van der Waals surface area (Å²) in [6.07, 6.45) is 1.67. The Bertz CT molecular complexity index is 1190. The van der Waals surface area contributed by atoms with Gasteiger partial charge in [-0.25, -0.2) is 22.2 Å². The molecule has 0 aliphatic rings. The van der Waals surface area contributed by atoms with E-state index in [-0.39, 0.29) is 11.3 Å². The number of rotatable bonds is 7. The molecule has 0 saturated heterocycles. The van der Waals surface area contributed by atoms with Crippen molar-refractivity contribution in [1.82, 2.24) is 9.97 Å². The molecule has 1 unspecified atom stereocenters. The standard InChI is InChI=1S/C20H21F2N3O3S/c1-4-7-29(27,28)25-16-6-5-15(21)17(18(16)22)19(26)14-10-24-20-13(14)8-12(9-23-20)11(2)3/h5-6,8-10,19,25-26H,2,4,7H2,1,3H3,(H,23,24). The number of anilines is 1. The number of hydrogen-bond donors (Lipinski definition) is 3. The van der Waals surface area contributed by atoms with Crippen molar-refractivity contribution in [2.75, 3.05) is 10.5 Å². The zero-order chi connectivity index (χ0) is 21.3. The normalized spacial score (nSPS) is 12.9. The van der Waals surface area contributed by atoms with Crippen LogP contribution in [0.25, 0.3) is 16.6 Å². The number of nitrogens with one attached hydrogen (secondary N) is 2. The molecule has 2 heterocycles. The number of benzene rings is 1. The van der Waals surface area contributed by atoms with Gasteiger partial charge >= 0.3 is 0 Å². The van der Waals surface area contributed by atoms with E-state index in [1.54, 1.807) is 26.1 Å². The molecule has 0 saturated carbocycles. The molecule has 2 aromatic heterocycles. The van der Waals surface area contributed by atoms with Gasteiger partial charge in [0.25, 0.3) is 0 Å². The highest BCUT2D eigenvalue weighted by molar-refractivity contribution is 7.92. The van der Waals surface area contributed by atoms with Gasteiger partial charge in [0, 0.05) is 23.3 Å². The van der Waals surface area contributed by atoms with Crippen LogP contribution in [0.2, 0.25) is 0 Å². The van der Waals surface area contributed by atoms with Crippen LogP contribution < -0.4 is 4.72 Å². The fourth-order valence-electron chi connectivity index (χ4n) is 3.02. The number of fused-ring (bicyclic) bond motifs is 1. The van der Waals surface area contributed by atoms with Crippen molar-refractivity contribution < 1.29 is 22.3 Å². The minimum atomic E-state index is -3.79. The summed E-state index contributed by atoms with van der Waals surface area (Å²) >= 11 is 0. The van der Waals surface area contributed by atoms with Crippen molar-refractivity contribution in [3.8, 4) is 0 Å². The van der Waals surface area contributed by atoms with Gasteiger partial charge in [-0.05, 0) is 42.7 Å². The van der Waals surface area contributed by atoms with Gasteiger partial charge in [-0.2, -0.15) is 0 Å². The maximum absolute atomic E-state index is 15.0. The predicted octanol–water partition coefficient (Wildman–Crippen LogP) is 4.11. The molecule has 3 N–H and O–H groups in total. The largest absolute Gasteiger partial charge is 0.383 e. The van der Waals surface area contributed by atoms with Crippen LogP contribution in [-0.2, 0) is 10.0 Å². The number of halogens is 2. The molecular weight excluding hydrogens is 400 g/mol. The van der Waals surface area contributed by atoms with Gasteiger partial charge in [0.2, 0.25) is 10.0 Å². The summed E-state index contributed by atoms with van der Waals surface area (Å²) in [5.41, 5.74) is 1.03. The van der Waals surface area contributed by atoms with E-state index in [0.29, 0.717) is 23.0 Å². The number of H-pyrrole nitrogens is 1. The molecule has 29 heavy (non-hydrogen) atoms. The number of nitrogens with zero attached hydrogens (tertiary/aromatic N) is 1. The predicted molar refractivity (Wildman–Crippen MR) is 109 cm³/mol. The van der Waals surface area contributed by atoms with Crippen molar-refractivity contribution >= 4 is 32.3 Å². The van der Waals surface area contributed by atoms with Crippen LogP contribution in [0, 0.1) is 11.6 Å². The van der Waals surface area contributed by atoms with E-state index in [9.17, 15) is 22.3 Å². The van der Waals surface area contributed by atoms with Gasteiger partial charge < -0.3 is 10.1 Å². The van der Waals surface area contributed by atoms with Crippen LogP contribution in [0.4, 0.5) is 14.5 Å². The van der Waals surface area contributed by atoms with E-state index in [4.69, 9.17) is 0 Å². The van der Waals surface area contributed by atoms with Crippen LogP contribution >= 0.6 is 0 Å². The Hall–Kier alpha value is -2.78. The van der Waals surface area contributed by atoms with Crippen molar-refractivity contribution in [2.45, 2.75) is 26.4 Å². The molecule has 0 bridgehead atoms. The third kappa shape index (κ3) is 4.15. The van der Waals surface area contributed by atoms with E-state index in [1.165, 1.54) is 6.20 Å². The molecule has 9 heteroatoms. The monoisotopic (exact) mass is 421 g/mol. The molecule has 154 valence electrons. The number of aliphatic hydroxyl groups excluding tert-OH is 1. The third-order valence-corrected chi connectivity index (χ3v) is 5.97. The van der Waals surface area contributed by atoms with E-state index in [1.807, 2.05) is 0 Å². The molecule has 0 amide bonds. The van der Waals surface area contributed by atoms with Crippen molar-refractivity contribution in [2.24, 2.45) is 0 Å². The van der Waals surface area contributed by atoms with Crippen molar-refractivity contribution in [3.05, 3.63) is 65.5 Å². The quantitative estimate of drug-likeness (QED) is 0.535. The Morgan fingerprint density at radius 1 is 1.38 bits per heavy atom. The molecule has 1 aromatic carbocycles. The maximum Gasteiger partial charge on any atom is 0.232 e. The Kier molecular flexibility index (Phi) is 5.72. The second-order valence-corrected chi connectivity index (χ2v) is 8.63. The number of aliphatic hydroxyl groups is 1. The summed E-state index contributed by atoms with van der Waals surface area (Å²) < 4.78 is 55.5. The van der Waals surface area contributed by atoms with Crippen LogP contribution in [-0.4, -0.2) is 29.2 Å². The van der Waals surface area contributed by atoms with Gasteiger partial charge in [0.15, 0.2) is 5.82 Å². The lowest BCUT2D eigenvalue weighted by atomic mass is 9.99. The van der Waals surface area contributed by atoms with E-state index in [2.05, 4.69) is 21.3 Å². The van der Waals surface area contributed by atoms with Crippen LogP contribution in [0.5, 0.6) is 0 Å². The Morgan fingerprint density at radius 3 is 2.76 bits per heavy atom. The minimum Gasteiger partial charge on any atom is -0.383 e. The van der Waals surface area contributed by atoms with Crippen LogP contribution in [0.3, 0.4) is 0 Å². The number of allylic oxidation sites excluding steroid dienone is 1. The summed E-state index contributed by atoms with van der Waals surface area (Å²) in [5.74, 6) is -2.37. The summed E-state index contributed by atoms with van der Waals surface area (Å²) in [6, 6.07) is 3.62. The Labute approximate surface area is 167 Å². The summed E-state index contributed by atoms with van der Waals surface area (Å²) in [5, 5.41) is 11.2. The van der Waals surface area contributed by atoms with Crippen LogP contribution in [0.15, 0.2) is 37.2 Å². The van der Waals surface area contributed by atoms with Crippen molar-refractivity contribution in [3.63, 3.8) is 0 Å². The van der Waals surface area contributed by atoms with Gasteiger partial charge in [-0.15, -0.1) is 0 Å². The summed E-state index contributed by atoms with van der Waals surface area (Å²) in [6.45, 7) is 7.30. The Morgan fingerprint density at radius 2 is 2.10 bits per heavy atom. The van der Waals surface area contributed by atoms with Gasteiger partial charge in [-0.1, -0.05) is 13.5 Å². The lowest BCUT2D eigenvalue weighted by molar-refractivity contribution is 0.211. The highest BCUT2D eigenvalue weighted by Crippen LogP contribution is 2.34. The molecule has 0 aliphatic heterocycles. The number of aromatic nitrogens is 2. The molecule has 0 spiro atoms. The first kappa shape index (κ1) is 20.9. The summed E-state index contributed by atoms with van der Waals surface area (Å²) in [4.78, 5) is 7.08. The first-order valence-electron chi connectivity index (χ1n) is 8.94. The lowest BCUT2D eigenvalue weighted by Crippen LogP contribution is -2.18. The average molecular weight is 421 g/mol. The number of pyridine rings is 1. The molecule has 0 fully saturated rings. The molecule has 0 aliphatic carbocycles. The van der Waals surface area contributed by atoms with Crippen LogP contribution in [0.1, 0.15) is 43.1 Å². The number of hydrogen-bond acceptors (Lipinski definition) is 4. The Balaban J connectivity index is 2.09. The zero-order valence-electron chi connectivity index (χ0n) is 16.0. The maximum atomic E-state index is 15.0.